The van der Waals surface area contributed by atoms with E-state index in [1.807, 2.05) is 12.1 Å². The van der Waals surface area contributed by atoms with Gasteiger partial charge in [0.2, 0.25) is 5.91 Å². The summed E-state index contributed by atoms with van der Waals surface area (Å²) in [5.74, 6) is -1.69. The minimum Gasteiger partial charge on any atom is -0.493 e. The molecule has 4 aromatic carbocycles. The van der Waals surface area contributed by atoms with Crippen molar-refractivity contribution in [3.8, 4) is 11.5 Å². The summed E-state index contributed by atoms with van der Waals surface area (Å²) in [5, 5.41) is 2.10. The summed E-state index contributed by atoms with van der Waals surface area (Å²) in [4.78, 5) is 47.4. The largest absolute Gasteiger partial charge is 0.493 e. The summed E-state index contributed by atoms with van der Waals surface area (Å²) in [5.41, 5.74) is 2.13. The Hall–Kier alpha value is -4.66. The van der Waals surface area contributed by atoms with Gasteiger partial charge in [-0.3, -0.25) is 14.4 Å². The zero-order valence-electron chi connectivity index (χ0n) is 21.3. The van der Waals surface area contributed by atoms with Gasteiger partial charge in [0, 0.05) is 5.02 Å². The Balaban J connectivity index is 1.39. The van der Waals surface area contributed by atoms with Crippen molar-refractivity contribution in [3.05, 3.63) is 119 Å². The molecule has 2 fully saturated rings. The lowest BCUT2D eigenvalue weighted by molar-refractivity contribution is -0.126. The summed E-state index contributed by atoms with van der Waals surface area (Å²) in [7, 11) is 1.46. The third kappa shape index (κ3) is 4.47. The number of methoxy groups -OCH3 is 1. The van der Waals surface area contributed by atoms with Crippen LogP contribution in [0.15, 0.2) is 103 Å². The van der Waals surface area contributed by atoms with Gasteiger partial charge in [-0.25, -0.2) is 14.8 Å². The first kappa shape index (κ1) is 25.6. The highest BCUT2D eigenvalue weighted by Crippen LogP contribution is 2.48. The first-order valence-corrected chi connectivity index (χ1v) is 12.9. The van der Waals surface area contributed by atoms with Crippen molar-refractivity contribution in [3.63, 3.8) is 0 Å². The van der Waals surface area contributed by atoms with Crippen molar-refractivity contribution in [1.29, 1.82) is 0 Å². The summed E-state index contributed by atoms with van der Waals surface area (Å²) in [6.45, 7) is 0. The van der Waals surface area contributed by atoms with Gasteiger partial charge in [0.1, 0.15) is 5.92 Å². The van der Waals surface area contributed by atoms with Crippen molar-refractivity contribution in [2.24, 2.45) is 5.92 Å². The van der Waals surface area contributed by atoms with Gasteiger partial charge in [0.25, 0.3) is 5.91 Å². The minimum absolute atomic E-state index is 0.216. The van der Waals surface area contributed by atoms with Gasteiger partial charge < -0.3 is 9.47 Å². The number of benzene rings is 4. The number of para-hydroxylation sites is 1. The second-order valence-corrected chi connectivity index (χ2v) is 9.75. The van der Waals surface area contributed by atoms with Gasteiger partial charge in [0.15, 0.2) is 17.6 Å². The standard InChI is InChI=1S/C31H23ClN2O6/c1-38-25-18-20(12-17-24(25)39-31(37)19-8-4-2-5-9-19)27-26-28(40-34(27)23-15-13-21(32)14-16-23)30(36)33(29(26)35)22-10-6-3-7-11-22/h2-18,26-28H,1H3/t26-,27-,28-/m0/s1. The van der Waals surface area contributed by atoms with Crippen LogP contribution < -0.4 is 19.4 Å². The van der Waals surface area contributed by atoms with Crippen LogP contribution in [0.4, 0.5) is 11.4 Å². The number of fused-ring (bicyclic) bond motifs is 1. The molecule has 0 aliphatic carbocycles. The molecule has 3 atom stereocenters. The summed E-state index contributed by atoms with van der Waals surface area (Å²) < 4.78 is 11.2. The van der Waals surface area contributed by atoms with E-state index in [2.05, 4.69) is 0 Å². The first-order chi connectivity index (χ1) is 19.5. The SMILES string of the molecule is COc1cc([C@H]2[C@@H]3C(=O)N(c4ccccc4)C(=O)[C@H]3ON2c2ccc(Cl)cc2)ccc1OC(=O)c1ccccc1. The van der Waals surface area contributed by atoms with E-state index < -0.39 is 29.9 Å². The van der Waals surface area contributed by atoms with Gasteiger partial charge in [0.05, 0.1) is 30.1 Å². The number of amides is 2. The maximum absolute atomic E-state index is 13.8. The molecule has 0 N–H and O–H groups in total. The Labute approximate surface area is 235 Å². The van der Waals surface area contributed by atoms with Crippen LogP contribution in [-0.4, -0.2) is 31.0 Å². The molecule has 9 heteroatoms. The molecule has 0 spiro atoms. The molecule has 40 heavy (non-hydrogen) atoms. The number of anilines is 2. The second kappa shape index (κ2) is 10.5. The average molecular weight is 555 g/mol. The van der Waals surface area contributed by atoms with Crippen molar-refractivity contribution >= 4 is 40.8 Å². The molecule has 2 heterocycles. The monoisotopic (exact) mass is 554 g/mol. The fourth-order valence-corrected chi connectivity index (χ4v) is 5.21. The van der Waals surface area contributed by atoms with Crippen molar-refractivity contribution in [2.75, 3.05) is 17.1 Å². The molecule has 200 valence electrons. The number of carbonyl (C=O) groups excluding carboxylic acids is 3. The molecular weight excluding hydrogens is 532 g/mol. The molecule has 4 aromatic rings. The van der Waals surface area contributed by atoms with E-state index in [1.165, 1.54) is 12.0 Å². The molecule has 2 saturated heterocycles. The van der Waals surface area contributed by atoms with Gasteiger partial charge in [-0.2, -0.15) is 0 Å². The number of hydroxylamine groups is 1. The highest BCUT2D eigenvalue weighted by Gasteiger charge is 2.60. The van der Waals surface area contributed by atoms with Crippen molar-refractivity contribution in [2.45, 2.75) is 12.1 Å². The third-order valence-electron chi connectivity index (χ3n) is 6.95. The Morgan fingerprint density at radius 3 is 2.15 bits per heavy atom. The number of imide groups is 1. The lowest BCUT2D eigenvalue weighted by Gasteiger charge is -2.29. The van der Waals surface area contributed by atoms with Crippen LogP contribution in [0.5, 0.6) is 11.5 Å². The fourth-order valence-electron chi connectivity index (χ4n) is 5.08. The highest BCUT2D eigenvalue weighted by atomic mass is 35.5. The lowest BCUT2D eigenvalue weighted by Crippen LogP contribution is -2.37. The number of nitrogens with zero attached hydrogens (tertiary/aromatic N) is 2. The van der Waals surface area contributed by atoms with Crippen LogP contribution in [0.2, 0.25) is 5.02 Å². The first-order valence-electron chi connectivity index (χ1n) is 12.6. The number of rotatable bonds is 6. The Morgan fingerprint density at radius 1 is 0.800 bits per heavy atom. The second-order valence-electron chi connectivity index (χ2n) is 9.31. The van der Waals surface area contributed by atoms with E-state index in [9.17, 15) is 14.4 Å². The minimum atomic E-state index is -1.03. The summed E-state index contributed by atoms with van der Waals surface area (Å²) in [6, 6.07) is 28.7. The average Bonchev–Trinajstić information content (AvgIpc) is 3.50. The molecule has 2 amide bonds. The van der Waals surface area contributed by atoms with E-state index in [1.54, 1.807) is 96.1 Å². The summed E-state index contributed by atoms with van der Waals surface area (Å²) in [6.07, 6.45) is -1.03. The molecular formula is C31H23ClN2O6. The van der Waals surface area contributed by atoms with Gasteiger partial charge in [-0.05, 0) is 66.2 Å². The van der Waals surface area contributed by atoms with Crippen LogP contribution >= 0.6 is 11.6 Å². The quantitative estimate of drug-likeness (QED) is 0.174. The van der Waals surface area contributed by atoms with Gasteiger partial charge in [-0.15, -0.1) is 0 Å². The van der Waals surface area contributed by atoms with E-state index in [0.29, 0.717) is 27.5 Å². The van der Waals surface area contributed by atoms with Crippen LogP contribution in [0.1, 0.15) is 22.0 Å². The number of esters is 1. The van der Waals surface area contributed by atoms with Crippen LogP contribution in [0, 0.1) is 5.92 Å². The molecule has 2 aliphatic rings. The molecule has 2 aliphatic heterocycles. The maximum Gasteiger partial charge on any atom is 0.343 e. The Morgan fingerprint density at radius 2 is 1.48 bits per heavy atom. The maximum atomic E-state index is 13.8. The van der Waals surface area contributed by atoms with Crippen LogP contribution in [0.3, 0.4) is 0 Å². The number of hydrogen-bond donors (Lipinski definition) is 0. The van der Waals surface area contributed by atoms with E-state index in [4.69, 9.17) is 25.9 Å². The van der Waals surface area contributed by atoms with Crippen LogP contribution in [-0.2, 0) is 14.4 Å². The van der Waals surface area contributed by atoms with E-state index >= 15 is 0 Å². The van der Waals surface area contributed by atoms with E-state index in [0.717, 1.165) is 0 Å². The third-order valence-corrected chi connectivity index (χ3v) is 7.20. The predicted molar refractivity (Wildman–Crippen MR) is 148 cm³/mol. The zero-order valence-corrected chi connectivity index (χ0v) is 22.0. The summed E-state index contributed by atoms with van der Waals surface area (Å²) >= 11 is 6.11. The van der Waals surface area contributed by atoms with E-state index in [-0.39, 0.29) is 17.4 Å². The van der Waals surface area contributed by atoms with Gasteiger partial charge >= 0.3 is 5.97 Å². The number of hydrogen-bond acceptors (Lipinski definition) is 7. The Bertz CT molecular complexity index is 1580. The molecule has 0 bridgehead atoms. The molecule has 8 nitrogen and oxygen atoms in total. The van der Waals surface area contributed by atoms with Crippen molar-refractivity contribution in [1.82, 2.24) is 0 Å². The topological polar surface area (TPSA) is 85.4 Å². The highest BCUT2D eigenvalue weighted by molar-refractivity contribution is 6.30. The Kier molecular flexibility index (Phi) is 6.71. The number of carbonyl (C=O) groups is 3. The fraction of sp³-hybridized carbons (Fsp3) is 0.129. The lowest BCUT2D eigenvalue weighted by atomic mass is 9.90. The zero-order chi connectivity index (χ0) is 27.8. The normalized spacial score (nSPS) is 20.0. The van der Waals surface area contributed by atoms with Crippen molar-refractivity contribution < 1.29 is 28.7 Å². The molecule has 0 saturated carbocycles. The number of ether oxygens (including phenoxy) is 2. The number of halogens is 1. The molecule has 0 radical (unpaired) electrons. The molecule has 0 aromatic heterocycles. The predicted octanol–water partition coefficient (Wildman–Crippen LogP) is 5.62. The smallest absolute Gasteiger partial charge is 0.343 e. The molecule has 0 unspecified atom stereocenters. The van der Waals surface area contributed by atoms with Crippen LogP contribution in [0.25, 0.3) is 0 Å². The molecule has 6 rings (SSSR count). The van der Waals surface area contributed by atoms with Gasteiger partial charge in [-0.1, -0.05) is 54.1 Å².